The minimum absolute atomic E-state index is 0.212. The molecule has 0 saturated carbocycles. The number of nitrogens with one attached hydrogen (secondary N) is 1. The highest BCUT2D eigenvalue weighted by molar-refractivity contribution is 5.92. The number of hydrogen-bond donors (Lipinski definition) is 1. The van der Waals surface area contributed by atoms with Gasteiger partial charge in [0.05, 0.1) is 6.54 Å². The van der Waals surface area contributed by atoms with Crippen LogP contribution in [0, 0.1) is 31.1 Å². The second kappa shape index (κ2) is 9.31. The molecule has 0 radical (unpaired) electrons. The van der Waals surface area contributed by atoms with E-state index in [2.05, 4.69) is 16.3 Å². The predicted molar refractivity (Wildman–Crippen MR) is 110 cm³/mol. The van der Waals surface area contributed by atoms with Crippen molar-refractivity contribution in [1.29, 1.82) is 5.26 Å². The van der Waals surface area contributed by atoms with Gasteiger partial charge in [-0.25, -0.2) is 4.79 Å². The number of piperidine rings is 1. The number of amides is 2. The van der Waals surface area contributed by atoms with Crippen molar-refractivity contribution in [3.05, 3.63) is 16.9 Å². The molecule has 1 saturated heterocycles. The second-order valence-corrected chi connectivity index (χ2v) is 8.75. The summed E-state index contributed by atoms with van der Waals surface area (Å²) in [4.78, 5) is 28.3. The van der Waals surface area contributed by atoms with E-state index >= 15 is 0 Å². The van der Waals surface area contributed by atoms with Crippen LogP contribution in [0.15, 0.2) is 4.42 Å². The summed E-state index contributed by atoms with van der Waals surface area (Å²) in [6.07, 6.45) is 1.63. The Labute approximate surface area is 172 Å². The van der Waals surface area contributed by atoms with Crippen LogP contribution in [-0.4, -0.2) is 60.6 Å². The van der Waals surface area contributed by atoms with Gasteiger partial charge in [-0.3, -0.25) is 15.0 Å². The summed E-state index contributed by atoms with van der Waals surface area (Å²) in [5.74, 6) is 0.902. The Kier molecular flexibility index (Phi) is 7.31. The van der Waals surface area contributed by atoms with Crippen molar-refractivity contribution in [3.8, 4) is 6.07 Å². The van der Waals surface area contributed by atoms with Gasteiger partial charge in [-0.15, -0.1) is 0 Å². The highest BCUT2D eigenvalue weighted by atomic mass is 16.6. The van der Waals surface area contributed by atoms with Gasteiger partial charge >= 0.3 is 6.09 Å². The van der Waals surface area contributed by atoms with E-state index in [9.17, 15) is 14.9 Å². The topological polar surface area (TPSA) is 98.8 Å². The van der Waals surface area contributed by atoms with Crippen molar-refractivity contribution >= 4 is 17.9 Å². The maximum Gasteiger partial charge on any atom is 0.410 e. The summed E-state index contributed by atoms with van der Waals surface area (Å²) in [5, 5.41) is 12.0. The van der Waals surface area contributed by atoms with Gasteiger partial charge in [-0.2, -0.15) is 5.26 Å². The first-order chi connectivity index (χ1) is 13.5. The molecule has 8 nitrogen and oxygen atoms in total. The molecule has 2 heterocycles. The van der Waals surface area contributed by atoms with Crippen LogP contribution in [0.2, 0.25) is 0 Å². The van der Waals surface area contributed by atoms with E-state index in [0.29, 0.717) is 17.9 Å². The fourth-order valence-corrected chi connectivity index (χ4v) is 3.46. The molecule has 2 rings (SSSR count). The summed E-state index contributed by atoms with van der Waals surface area (Å²) in [5.41, 5.74) is 0.588. The molecular weight excluding hydrogens is 372 g/mol. The molecule has 8 heteroatoms. The van der Waals surface area contributed by atoms with E-state index < -0.39 is 5.60 Å². The lowest BCUT2D eigenvalue weighted by atomic mass is 9.97. The van der Waals surface area contributed by atoms with Gasteiger partial charge in [0.25, 0.3) is 0 Å². The summed E-state index contributed by atoms with van der Waals surface area (Å²) in [6.45, 7) is 11.5. The van der Waals surface area contributed by atoms with Gasteiger partial charge < -0.3 is 14.1 Å². The number of ether oxygens (including phenoxy) is 1. The third-order valence-corrected chi connectivity index (χ3v) is 4.96. The van der Waals surface area contributed by atoms with E-state index in [1.165, 1.54) is 0 Å². The Hall–Kier alpha value is -2.53. The molecule has 29 heavy (non-hydrogen) atoms. The molecule has 1 N–H and O–H groups in total. The maximum absolute atomic E-state index is 12.5. The van der Waals surface area contributed by atoms with Gasteiger partial charge in [0.2, 0.25) is 11.8 Å². The number of hydrogen-bond acceptors (Lipinski definition) is 6. The number of carbonyl (C=O) groups excluding carboxylic acids is 2. The van der Waals surface area contributed by atoms with Crippen LogP contribution in [0.5, 0.6) is 0 Å². The number of carbonyl (C=O) groups is 2. The molecule has 1 aromatic rings. The van der Waals surface area contributed by atoms with E-state index in [1.54, 1.807) is 25.8 Å². The van der Waals surface area contributed by atoms with Crippen molar-refractivity contribution in [3.63, 3.8) is 0 Å². The number of nitriles is 1. The summed E-state index contributed by atoms with van der Waals surface area (Å²) in [6, 6.07) is 2.08. The Morgan fingerprint density at radius 1 is 1.38 bits per heavy atom. The van der Waals surface area contributed by atoms with Crippen LogP contribution < -0.4 is 5.32 Å². The van der Waals surface area contributed by atoms with Gasteiger partial charge in [0.1, 0.15) is 23.0 Å². The first kappa shape index (κ1) is 22.8. The van der Waals surface area contributed by atoms with Crippen LogP contribution >= 0.6 is 0 Å². The lowest BCUT2D eigenvalue weighted by molar-refractivity contribution is -0.117. The van der Waals surface area contributed by atoms with Crippen molar-refractivity contribution < 1.29 is 18.7 Å². The van der Waals surface area contributed by atoms with E-state index in [4.69, 9.17) is 9.15 Å². The number of anilines is 1. The average molecular weight is 405 g/mol. The first-order valence-electron chi connectivity index (χ1n) is 9.96. The highest BCUT2D eigenvalue weighted by Gasteiger charge is 2.26. The smallest absolute Gasteiger partial charge is 0.410 e. The minimum Gasteiger partial charge on any atom is -0.444 e. The van der Waals surface area contributed by atoms with Crippen LogP contribution in [0.4, 0.5) is 10.7 Å². The molecule has 1 fully saturated rings. The molecule has 0 aromatic carbocycles. The molecule has 0 spiro atoms. The third-order valence-electron chi connectivity index (χ3n) is 4.96. The van der Waals surface area contributed by atoms with E-state index in [1.807, 2.05) is 20.8 Å². The number of furan rings is 1. The average Bonchev–Trinajstić information content (AvgIpc) is 2.86. The quantitative estimate of drug-likeness (QED) is 0.808. The first-order valence-corrected chi connectivity index (χ1v) is 9.96. The SMILES string of the molecule is Cc1oc(NC(=O)CN2CCCC(CN(C)C(=O)OC(C)(C)C)C2)c(C#N)c1C. The second-order valence-electron chi connectivity index (χ2n) is 8.75. The zero-order chi connectivity index (χ0) is 21.8. The van der Waals surface area contributed by atoms with Gasteiger partial charge in [0, 0.05) is 25.7 Å². The van der Waals surface area contributed by atoms with Crippen LogP contribution in [-0.2, 0) is 9.53 Å². The van der Waals surface area contributed by atoms with Crippen molar-refractivity contribution in [2.75, 3.05) is 38.5 Å². The van der Waals surface area contributed by atoms with Crippen molar-refractivity contribution in [1.82, 2.24) is 9.80 Å². The lowest BCUT2D eigenvalue weighted by Gasteiger charge is -2.34. The Morgan fingerprint density at radius 2 is 2.07 bits per heavy atom. The Morgan fingerprint density at radius 3 is 2.69 bits per heavy atom. The highest BCUT2D eigenvalue weighted by Crippen LogP contribution is 2.25. The number of nitrogens with zero attached hydrogens (tertiary/aromatic N) is 3. The van der Waals surface area contributed by atoms with E-state index in [0.717, 1.165) is 31.5 Å². The zero-order valence-electron chi connectivity index (χ0n) is 18.3. The van der Waals surface area contributed by atoms with Crippen LogP contribution in [0.3, 0.4) is 0 Å². The molecule has 0 bridgehead atoms. The molecule has 160 valence electrons. The molecule has 2 amide bonds. The van der Waals surface area contributed by atoms with Gasteiger partial charge in [-0.05, 0) is 59.9 Å². The molecule has 1 aliphatic rings. The summed E-state index contributed by atoms with van der Waals surface area (Å²) >= 11 is 0. The molecule has 1 atom stereocenters. The predicted octanol–water partition coefficient (Wildman–Crippen LogP) is 3.29. The Balaban J connectivity index is 1.88. The standard InChI is InChI=1S/C21H32N4O4/c1-14-15(2)28-19(17(14)10-22)23-18(26)13-25-9-7-8-16(12-25)11-24(6)20(27)29-21(3,4)5/h16H,7-9,11-13H2,1-6H3,(H,23,26). The van der Waals surface area contributed by atoms with E-state index in [-0.39, 0.29) is 30.3 Å². The summed E-state index contributed by atoms with van der Waals surface area (Å²) in [7, 11) is 1.74. The molecule has 1 aliphatic heterocycles. The number of aryl methyl sites for hydroxylation is 1. The molecule has 1 aromatic heterocycles. The van der Waals surface area contributed by atoms with Gasteiger partial charge in [0.15, 0.2) is 0 Å². The summed E-state index contributed by atoms with van der Waals surface area (Å²) < 4.78 is 10.9. The Bertz CT molecular complexity index is 788. The van der Waals surface area contributed by atoms with Crippen molar-refractivity contribution in [2.45, 2.75) is 53.1 Å². The normalized spacial score (nSPS) is 17.5. The fourth-order valence-electron chi connectivity index (χ4n) is 3.46. The maximum atomic E-state index is 12.5. The molecule has 0 aliphatic carbocycles. The van der Waals surface area contributed by atoms with Crippen LogP contribution in [0.1, 0.15) is 50.5 Å². The minimum atomic E-state index is -0.521. The number of rotatable bonds is 5. The van der Waals surface area contributed by atoms with Gasteiger partial charge in [-0.1, -0.05) is 0 Å². The van der Waals surface area contributed by atoms with Crippen LogP contribution in [0.25, 0.3) is 0 Å². The van der Waals surface area contributed by atoms with Crippen molar-refractivity contribution in [2.24, 2.45) is 5.92 Å². The monoisotopic (exact) mass is 404 g/mol. The largest absolute Gasteiger partial charge is 0.444 e. The third kappa shape index (κ3) is 6.50. The fraction of sp³-hybridized carbons (Fsp3) is 0.667. The molecular formula is C21H32N4O4. The number of likely N-dealkylation sites (tertiary alicyclic amines) is 1. The lowest BCUT2D eigenvalue weighted by Crippen LogP contribution is -2.45. The molecule has 1 unspecified atom stereocenters. The zero-order valence-corrected chi connectivity index (χ0v) is 18.3.